The first kappa shape index (κ1) is 54.8. The molecule has 28 nitrogen and oxygen atoms in total. The second-order valence-corrected chi connectivity index (χ2v) is 17.9. The van der Waals surface area contributed by atoms with Crippen LogP contribution >= 0.6 is 23.5 Å². The number of aliphatic hydroxyl groups excluding tert-OH is 3. The SMILES string of the molecule is CCCCCC(=O)O[C@H](COC(=O)CCCCCNC(=O)CCCCCNc1ccc([N+](=O)[O-])c2nonc12)COP(=O)([O-])O[C@H]1[C@H](O)[C@@H](O)[C@H](OP(=O)([O-])[O-])[C@@H](OP(=O)([O-])[O-])[C@H]1O. The topological polar surface area (TPSA) is 440 Å². The maximum absolute atomic E-state index is 12.8. The fourth-order valence-corrected chi connectivity index (χ4v) is 8.21. The van der Waals surface area contributed by atoms with Gasteiger partial charge in [-0.2, -0.15) is 0 Å². The van der Waals surface area contributed by atoms with Crippen LogP contribution in [0.15, 0.2) is 16.8 Å². The number of hydrogen-bond donors (Lipinski definition) is 5. The highest BCUT2D eigenvalue weighted by molar-refractivity contribution is 7.46. The molecule has 5 N–H and O–H groups in total. The molecule has 1 unspecified atom stereocenters. The second-order valence-electron chi connectivity index (χ2n) is 14.3. The van der Waals surface area contributed by atoms with Gasteiger partial charge in [-0.25, -0.2) is 4.63 Å². The van der Waals surface area contributed by atoms with E-state index in [1.54, 1.807) is 0 Å². The summed E-state index contributed by atoms with van der Waals surface area (Å²) >= 11 is 0. The van der Waals surface area contributed by atoms with Crippen LogP contribution in [-0.4, -0.2) is 117 Å². The zero-order valence-electron chi connectivity index (χ0n) is 34.2. The molecule has 1 aromatic carbocycles. The number of amides is 1. The summed E-state index contributed by atoms with van der Waals surface area (Å²) in [5.74, 6) is -1.77. The molecule has 1 amide bonds. The molecule has 0 bridgehead atoms. The van der Waals surface area contributed by atoms with E-state index < -0.39 is 96.3 Å². The number of phosphoric acid groups is 3. The molecule has 1 aliphatic rings. The third-order valence-electron chi connectivity index (χ3n) is 9.27. The van der Waals surface area contributed by atoms with Gasteiger partial charge in [0, 0.05) is 38.4 Å². The predicted octanol–water partition coefficient (Wildman–Crippen LogP) is -1.79. The number of aromatic nitrogens is 2. The van der Waals surface area contributed by atoms with E-state index in [1.807, 2.05) is 6.92 Å². The Morgan fingerprint density at radius 1 is 0.750 bits per heavy atom. The maximum Gasteiger partial charge on any atom is 0.306 e. The highest BCUT2D eigenvalue weighted by Gasteiger charge is 2.53. The minimum atomic E-state index is -6.18. The van der Waals surface area contributed by atoms with Crippen LogP contribution in [0.2, 0.25) is 0 Å². The lowest BCUT2D eigenvalue weighted by molar-refractivity contribution is -0.383. The number of unbranched alkanes of at least 4 members (excludes halogenated alkanes) is 6. The molecular formula is C33H49N5O23P3-5. The largest absolute Gasteiger partial charge is 0.790 e. The fourth-order valence-electron chi connectivity index (χ4n) is 6.17. The quantitative estimate of drug-likeness (QED) is 0.0190. The molecule has 0 radical (unpaired) electrons. The molecular weight excluding hydrogens is 927 g/mol. The molecule has 31 heteroatoms. The Bertz CT molecular complexity index is 1980. The number of carbonyl (C=O) groups excluding carboxylic acids is 3. The van der Waals surface area contributed by atoms with Gasteiger partial charge in [0.2, 0.25) is 11.4 Å². The van der Waals surface area contributed by atoms with Gasteiger partial charge in [-0.05, 0) is 48.5 Å². The Labute approximate surface area is 364 Å². The third kappa shape index (κ3) is 19.1. The van der Waals surface area contributed by atoms with Crippen molar-refractivity contribution in [3.63, 3.8) is 0 Å². The molecule has 1 aromatic heterocycles. The third-order valence-corrected chi connectivity index (χ3v) is 11.2. The van der Waals surface area contributed by atoms with E-state index in [4.69, 9.17) is 14.0 Å². The van der Waals surface area contributed by atoms with Gasteiger partial charge in [0.1, 0.15) is 43.2 Å². The van der Waals surface area contributed by atoms with Crippen molar-refractivity contribution in [2.75, 3.05) is 31.6 Å². The van der Waals surface area contributed by atoms with E-state index in [-0.39, 0.29) is 41.9 Å². The number of non-ortho nitro benzene ring substituents is 1. The fraction of sp³-hybridized carbons (Fsp3) is 0.727. The molecule has 3 rings (SSSR count). The van der Waals surface area contributed by atoms with Gasteiger partial charge < -0.3 is 87.1 Å². The average molecular weight is 977 g/mol. The molecule has 8 atom stereocenters. The number of nitro groups is 1. The number of rotatable bonds is 30. The number of nitrogens with zero attached hydrogens (tertiary/aromatic N) is 3. The summed E-state index contributed by atoms with van der Waals surface area (Å²) in [6, 6.07) is 2.81. The van der Waals surface area contributed by atoms with E-state index in [9.17, 15) is 78.0 Å². The number of nitro benzene ring substituents is 1. The monoisotopic (exact) mass is 976 g/mol. The smallest absolute Gasteiger partial charge is 0.306 e. The maximum atomic E-state index is 12.8. The van der Waals surface area contributed by atoms with Crippen LogP contribution in [0.4, 0.5) is 11.4 Å². The summed E-state index contributed by atoms with van der Waals surface area (Å²) < 4.78 is 67.4. The average Bonchev–Trinajstić information content (AvgIpc) is 3.70. The molecule has 0 spiro atoms. The van der Waals surface area contributed by atoms with Crippen molar-refractivity contribution in [2.45, 2.75) is 127 Å². The molecule has 1 fully saturated rings. The van der Waals surface area contributed by atoms with Crippen molar-refractivity contribution in [1.82, 2.24) is 15.6 Å². The zero-order valence-corrected chi connectivity index (χ0v) is 36.9. The summed E-state index contributed by atoms with van der Waals surface area (Å²) in [6.45, 7) is 0.896. The second kappa shape index (κ2) is 26.0. The minimum Gasteiger partial charge on any atom is -0.790 e. The normalized spacial score (nSPS) is 21.8. The van der Waals surface area contributed by atoms with Gasteiger partial charge in [0.15, 0.2) is 11.6 Å². The number of aliphatic hydroxyl groups is 3. The summed E-state index contributed by atoms with van der Waals surface area (Å²) in [5, 5.41) is 55.6. The number of hydrogen-bond acceptors (Lipinski definition) is 26. The number of phosphoric ester groups is 3. The molecule has 1 saturated carbocycles. The molecule has 0 saturated heterocycles. The van der Waals surface area contributed by atoms with E-state index in [1.165, 1.54) is 12.1 Å². The molecule has 64 heavy (non-hydrogen) atoms. The molecule has 1 aliphatic carbocycles. The van der Waals surface area contributed by atoms with Gasteiger partial charge in [-0.15, -0.1) is 0 Å². The lowest BCUT2D eigenvalue weighted by atomic mass is 9.85. The van der Waals surface area contributed by atoms with Crippen molar-refractivity contribution < 1.29 is 105 Å². The number of fused-ring (bicyclic) bond motifs is 1. The molecule has 1 heterocycles. The van der Waals surface area contributed by atoms with Crippen LogP contribution < -0.4 is 35.1 Å². The van der Waals surface area contributed by atoms with E-state index >= 15 is 0 Å². The number of anilines is 1. The summed E-state index contributed by atoms with van der Waals surface area (Å²) in [5.41, 5.74) is 0.565. The lowest BCUT2D eigenvalue weighted by Crippen LogP contribution is -2.65. The van der Waals surface area contributed by atoms with Crippen molar-refractivity contribution in [1.29, 1.82) is 0 Å². The number of ether oxygens (including phenoxy) is 2. The van der Waals surface area contributed by atoms with Gasteiger partial charge in [-0.3, -0.25) is 29.1 Å². The number of esters is 2. The Kier molecular flexibility index (Phi) is 22.2. The van der Waals surface area contributed by atoms with Crippen LogP contribution in [0.5, 0.6) is 0 Å². The van der Waals surface area contributed by atoms with E-state index in [2.05, 4.69) is 39.1 Å². The van der Waals surface area contributed by atoms with Gasteiger partial charge in [-0.1, -0.05) is 32.6 Å². The van der Waals surface area contributed by atoms with Gasteiger partial charge in [0.25, 0.3) is 7.82 Å². The van der Waals surface area contributed by atoms with Crippen molar-refractivity contribution in [3.05, 3.63) is 22.2 Å². The summed E-state index contributed by atoms with van der Waals surface area (Å²) in [7, 11) is -18.1. The van der Waals surface area contributed by atoms with Crippen molar-refractivity contribution >= 4 is 63.7 Å². The minimum absolute atomic E-state index is 0.0312. The van der Waals surface area contributed by atoms with E-state index in [0.717, 1.165) is 6.42 Å². The Morgan fingerprint density at radius 2 is 1.33 bits per heavy atom. The molecule has 364 valence electrons. The van der Waals surface area contributed by atoms with Crippen LogP contribution in [0.1, 0.15) is 84.0 Å². The number of carbonyl (C=O) groups is 3. The highest BCUT2D eigenvalue weighted by atomic mass is 31.2. The van der Waals surface area contributed by atoms with Crippen LogP contribution in [0.25, 0.3) is 11.0 Å². The van der Waals surface area contributed by atoms with Gasteiger partial charge >= 0.3 is 17.6 Å². The van der Waals surface area contributed by atoms with Crippen LogP contribution in [0, 0.1) is 10.1 Å². The Balaban J connectivity index is 1.40. The first-order valence-corrected chi connectivity index (χ1v) is 24.2. The van der Waals surface area contributed by atoms with Crippen LogP contribution in [-0.2, 0) is 55.6 Å². The van der Waals surface area contributed by atoms with Crippen LogP contribution in [0.3, 0.4) is 0 Å². The Morgan fingerprint density at radius 3 is 1.97 bits per heavy atom. The number of benzene rings is 1. The van der Waals surface area contributed by atoms with Gasteiger partial charge in [0.05, 0.1) is 32.9 Å². The Hall–Kier alpha value is -3.56. The first-order valence-electron chi connectivity index (χ1n) is 19.9. The zero-order chi connectivity index (χ0) is 47.7. The number of nitrogens with one attached hydrogen (secondary N) is 2. The predicted molar refractivity (Wildman–Crippen MR) is 203 cm³/mol. The first-order chi connectivity index (χ1) is 30.0. The molecule has 0 aliphatic heterocycles. The highest BCUT2D eigenvalue weighted by Crippen LogP contribution is 2.46. The van der Waals surface area contributed by atoms with Crippen molar-refractivity contribution in [3.8, 4) is 0 Å². The van der Waals surface area contributed by atoms with Crippen molar-refractivity contribution in [2.24, 2.45) is 0 Å². The molecule has 2 aromatic rings. The summed E-state index contributed by atoms with van der Waals surface area (Å²) in [6.07, 6.45) is -12.7. The summed E-state index contributed by atoms with van der Waals surface area (Å²) in [4.78, 5) is 105. The standard InChI is InChI=1S/C33H54N5O23P3/c1-2-3-6-13-25(41)57-20(19-56-64(53,54)60-31-28(42)29(43)32(58-62(47,48)49)33(30(31)44)59-63(50,51)52)18-55-24(40)12-8-5-10-17-35-23(39)11-7-4-9-16-34-21-14-15-22(38(45)46)27-26(21)36-61-37-27/h14-15,20,28-34,42-44H,2-13,16-19H2,1H3,(H,35,39)(H,53,54)(H2,47,48,49)(H2,50,51,52)/p-5/t20-,28-,29-,30+,31+,32+,33+/m1/s1. The van der Waals surface area contributed by atoms with E-state index in [0.29, 0.717) is 70.1 Å². The lowest BCUT2D eigenvalue weighted by Gasteiger charge is -2.50.